The maximum Gasteiger partial charge on any atom is 0.262 e. The van der Waals surface area contributed by atoms with Crippen LogP contribution in [0.1, 0.15) is 5.82 Å². The molecule has 0 aliphatic rings. The molecule has 0 spiro atoms. The molecule has 10 heteroatoms. The van der Waals surface area contributed by atoms with E-state index in [1.807, 2.05) is 34.7 Å². The fourth-order valence-corrected chi connectivity index (χ4v) is 4.48. The van der Waals surface area contributed by atoms with Crippen molar-refractivity contribution in [2.75, 3.05) is 0 Å². The monoisotopic (exact) mass is 429 g/mol. The Morgan fingerprint density at radius 3 is 2.55 bits per heavy atom. The largest absolute Gasteiger partial charge is 0.281 e. The molecule has 0 unspecified atom stereocenters. The Kier molecular flexibility index (Phi) is 4.52. The van der Waals surface area contributed by atoms with Gasteiger partial charge in [-0.2, -0.15) is 5.26 Å². The lowest BCUT2D eigenvalue weighted by Crippen LogP contribution is -2.24. The maximum atomic E-state index is 12.9. The van der Waals surface area contributed by atoms with Gasteiger partial charge < -0.3 is 0 Å². The van der Waals surface area contributed by atoms with Crippen molar-refractivity contribution >= 4 is 39.3 Å². The average Bonchev–Trinajstić information content (AvgIpc) is 3.22. The minimum Gasteiger partial charge on any atom is -0.281 e. The lowest BCUT2D eigenvalue weighted by Gasteiger charge is -2.11. The van der Waals surface area contributed by atoms with Gasteiger partial charge in [0.15, 0.2) is 5.16 Å². The minimum absolute atomic E-state index is 0.0927. The van der Waals surface area contributed by atoms with E-state index in [1.165, 1.54) is 20.9 Å². The first-order valence-corrected chi connectivity index (χ1v) is 10.4. The van der Waals surface area contributed by atoms with E-state index in [2.05, 4.69) is 15.2 Å². The molecule has 31 heavy (non-hydrogen) atoms. The summed E-state index contributed by atoms with van der Waals surface area (Å²) in [6.07, 6.45) is 0. The molecule has 9 nitrogen and oxygen atoms in total. The van der Waals surface area contributed by atoms with Crippen LogP contribution in [0.2, 0.25) is 0 Å². The molecule has 5 aromatic rings. The van der Waals surface area contributed by atoms with E-state index < -0.39 is 0 Å². The molecule has 0 saturated carbocycles. The highest BCUT2D eigenvalue weighted by Gasteiger charge is 2.17. The van der Waals surface area contributed by atoms with Crippen molar-refractivity contribution in [2.45, 2.75) is 17.5 Å². The normalized spacial score (nSPS) is 11.4. The van der Waals surface area contributed by atoms with Crippen molar-refractivity contribution in [3.05, 3.63) is 75.1 Å². The number of rotatable bonds is 4. The molecule has 5 rings (SSSR count). The van der Waals surface area contributed by atoms with Crippen LogP contribution in [0.25, 0.3) is 27.6 Å². The van der Waals surface area contributed by atoms with Crippen molar-refractivity contribution < 1.29 is 0 Å². The minimum atomic E-state index is -0.248. The van der Waals surface area contributed by atoms with Gasteiger partial charge in [0.1, 0.15) is 12.4 Å². The fraction of sp³-hybridized carbons (Fsp3) is 0.143. The van der Waals surface area contributed by atoms with Crippen LogP contribution in [-0.2, 0) is 19.3 Å². The van der Waals surface area contributed by atoms with Crippen molar-refractivity contribution in [3.8, 4) is 6.07 Å². The number of aryl methyl sites for hydroxylation is 1. The van der Waals surface area contributed by atoms with Crippen LogP contribution in [0, 0.1) is 11.3 Å². The third kappa shape index (κ3) is 2.98. The second kappa shape index (κ2) is 7.37. The summed E-state index contributed by atoms with van der Waals surface area (Å²) in [7, 11) is 1.66. The van der Waals surface area contributed by atoms with E-state index in [-0.39, 0.29) is 17.7 Å². The van der Waals surface area contributed by atoms with Gasteiger partial charge in [0.05, 0.1) is 33.6 Å². The van der Waals surface area contributed by atoms with Gasteiger partial charge in [-0.15, -0.1) is 10.2 Å². The highest BCUT2D eigenvalue weighted by atomic mass is 32.2. The van der Waals surface area contributed by atoms with Gasteiger partial charge in [-0.05, 0) is 24.3 Å². The first kappa shape index (κ1) is 19.0. The molecule has 0 bridgehead atoms. The smallest absolute Gasteiger partial charge is 0.262 e. The van der Waals surface area contributed by atoms with Crippen LogP contribution >= 0.6 is 11.8 Å². The molecule has 0 aliphatic carbocycles. The third-order valence-corrected chi connectivity index (χ3v) is 6.02. The lowest BCUT2D eigenvalue weighted by molar-refractivity contribution is 0.729. The van der Waals surface area contributed by atoms with E-state index in [0.717, 1.165) is 0 Å². The summed E-state index contributed by atoms with van der Waals surface area (Å²) in [5, 5.41) is 19.2. The molecule has 0 fully saturated rings. The predicted octanol–water partition coefficient (Wildman–Crippen LogP) is 2.11. The maximum absolute atomic E-state index is 12.9. The van der Waals surface area contributed by atoms with E-state index >= 15 is 0 Å². The number of nitriles is 1. The highest BCUT2D eigenvalue weighted by Crippen LogP contribution is 2.24. The van der Waals surface area contributed by atoms with Crippen LogP contribution < -0.4 is 11.1 Å². The Morgan fingerprint density at radius 2 is 1.74 bits per heavy atom. The zero-order valence-corrected chi connectivity index (χ0v) is 17.2. The molecule has 2 aromatic carbocycles. The topological polar surface area (TPSA) is 111 Å². The molecule has 0 amide bonds. The highest BCUT2D eigenvalue weighted by molar-refractivity contribution is 7.98. The Labute approximate surface area is 179 Å². The number of fused-ring (bicyclic) bond motifs is 4. The Hall–Kier alpha value is -3.97. The summed E-state index contributed by atoms with van der Waals surface area (Å²) >= 11 is 1.34. The molecule has 0 aliphatic heterocycles. The number of hydrogen-bond acceptors (Lipinski definition) is 7. The van der Waals surface area contributed by atoms with E-state index in [1.54, 1.807) is 31.3 Å². The summed E-state index contributed by atoms with van der Waals surface area (Å²) in [5.74, 6) is 1.20. The molecule has 0 atom stereocenters. The first-order valence-electron chi connectivity index (χ1n) is 9.41. The van der Waals surface area contributed by atoms with Crippen molar-refractivity contribution in [1.82, 2.24) is 28.7 Å². The number of aromatic nitrogens is 6. The van der Waals surface area contributed by atoms with E-state index in [4.69, 9.17) is 0 Å². The van der Waals surface area contributed by atoms with Gasteiger partial charge in [-0.3, -0.25) is 23.1 Å². The van der Waals surface area contributed by atoms with Gasteiger partial charge in [0, 0.05) is 7.05 Å². The van der Waals surface area contributed by atoms with Gasteiger partial charge >= 0.3 is 0 Å². The van der Waals surface area contributed by atoms with Crippen LogP contribution in [-0.4, -0.2) is 28.7 Å². The summed E-state index contributed by atoms with van der Waals surface area (Å²) in [5.41, 5.74) is 0.887. The zero-order valence-electron chi connectivity index (χ0n) is 16.4. The number of benzene rings is 2. The van der Waals surface area contributed by atoms with E-state index in [9.17, 15) is 14.9 Å². The van der Waals surface area contributed by atoms with Gasteiger partial charge in [-0.25, -0.2) is 4.98 Å². The average molecular weight is 429 g/mol. The molecule has 0 saturated heterocycles. The molecule has 0 N–H and O–H groups in total. The standard InChI is InChI=1S/C21H15N7O2S/c1-26-18(29)14-7-3-5-9-16(14)28-20(26)24-25-21(28)31-12-17-23-15-8-4-2-6-13(15)19(30)27(17)11-10-22/h2-9H,11-12H2,1H3. The molecule has 3 heterocycles. The molecular weight excluding hydrogens is 414 g/mol. The van der Waals surface area contributed by atoms with Crippen LogP contribution in [0.5, 0.6) is 0 Å². The fourth-order valence-electron chi connectivity index (χ4n) is 3.59. The molecular formula is C21H15N7O2S. The SMILES string of the molecule is Cn1c(=O)c2ccccc2n2c(SCc3nc4ccccc4c(=O)n3CC#N)nnc12. The number of hydrogen-bond donors (Lipinski definition) is 0. The van der Waals surface area contributed by atoms with Gasteiger partial charge in [0.2, 0.25) is 5.78 Å². The molecule has 152 valence electrons. The number of para-hydroxylation sites is 2. The third-order valence-electron chi connectivity index (χ3n) is 5.10. The van der Waals surface area contributed by atoms with Crippen LogP contribution in [0.3, 0.4) is 0 Å². The van der Waals surface area contributed by atoms with E-state index in [0.29, 0.717) is 44.3 Å². The second-order valence-corrected chi connectivity index (χ2v) is 7.83. The Morgan fingerprint density at radius 1 is 1.00 bits per heavy atom. The second-order valence-electron chi connectivity index (χ2n) is 6.88. The summed E-state index contributed by atoms with van der Waals surface area (Å²) in [6.45, 7) is -0.0927. The summed E-state index contributed by atoms with van der Waals surface area (Å²) < 4.78 is 4.65. The van der Waals surface area contributed by atoms with Crippen LogP contribution in [0.15, 0.2) is 63.3 Å². The van der Waals surface area contributed by atoms with Crippen molar-refractivity contribution in [1.29, 1.82) is 5.26 Å². The molecule has 3 aromatic heterocycles. The van der Waals surface area contributed by atoms with Gasteiger partial charge in [0.25, 0.3) is 11.1 Å². The predicted molar refractivity (Wildman–Crippen MR) is 117 cm³/mol. The first-order chi connectivity index (χ1) is 15.1. The zero-order chi connectivity index (χ0) is 21.5. The molecule has 0 radical (unpaired) electrons. The number of thioether (sulfide) groups is 1. The quantitative estimate of drug-likeness (QED) is 0.402. The number of nitrogens with zero attached hydrogens (tertiary/aromatic N) is 7. The summed E-state index contributed by atoms with van der Waals surface area (Å²) in [6, 6.07) is 16.4. The van der Waals surface area contributed by atoms with Gasteiger partial charge in [-0.1, -0.05) is 36.0 Å². The lowest BCUT2D eigenvalue weighted by atomic mass is 10.2. The summed E-state index contributed by atoms with van der Waals surface area (Å²) in [4.78, 5) is 30.1. The Balaban J connectivity index is 1.64. The van der Waals surface area contributed by atoms with Crippen molar-refractivity contribution in [2.24, 2.45) is 7.05 Å². The Bertz CT molecular complexity index is 1640. The van der Waals surface area contributed by atoms with Crippen molar-refractivity contribution in [3.63, 3.8) is 0 Å². The van der Waals surface area contributed by atoms with Crippen LogP contribution in [0.4, 0.5) is 0 Å².